The maximum absolute atomic E-state index is 8.85. The summed E-state index contributed by atoms with van der Waals surface area (Å²) < 4.78 is 5.52. The fourth-order valence-corrected chi connectivity index (χ4v) is 2.35. The lowest BCUT2D eigenvalue weighted by molar-refractivity contribution is 0.133. The molecule has 1 aromatic rings. The average Bonchev–Trinajstić information content (AvgIpc) is 2.78. The number of aliphatic hydroxyl groups is 1. The van der Waals surface area contributed by atoms with E-state index in [0.29, 0.717) is 12.5 Å². The van der Waals surface area contributed by atoms with Gasteiger partial charge in [-0.2, -0.15) is 0 Å². The smallest absolute Gasteiger partial charge is 0.211 e. The zero-order chi connectivity index (χ0) is 11.4. The van der Waals surface area contributed by atoms with Gasteiger partial charge in [-0.15, -0.1) is 0 Å². The van der Waals surface area contributed by atoms with E-state index in [0.717, 1.165) is 31.1 Å². The molecule has 1 aromatic heterocycles. The van der Waals surface area contributed by atoms with Gasteiger partial charge in [0.15, 0.2) is 0 Å². The first kappa shape index (κ1) is 11.6. The summed E-state index contributed by atoms with van der Waals surface area (Å²) in [5.41, 5.74) is 0.860. The first-order valence-electron chi connectivity index (χ1n) is 6.14. The highest BCUT2D eigenvalue weighted by molar-refractivity contribution is 5.01. The molecule has 1 unspecified atom stereocenters. The van der Waals surface area contributed by atoms with Gasteiger partial charge in [0.25, 0.3) is 0 Å². The van der Waals surface area contributed by atoms with Crippen molar-refractivity contribution in [3.63, 3.8) is 0 Å². The Morgan fingerprint density at radius 1 is 1.56 bits per heavy atom. The molecule has 2 rings (SSSR count). The molecule has 1 atom stereocenters. The van der Waals surface area contributed by atoms with E-state index in [1.807, 2.05) is 0 Å². The molecular formula is C12H20N2O2. The van der Waals surface area contributed by atoms with Gasteiger partial charge in [0.2, 0.25) is 5.89 Å². The molecule has 90 valence electrons. The standard InChI is InChI=1S/C12H20N2O2/c1-2-14-7-4-3-5-11(14)12-13-10(6-8-15)9-16-12/h9,11,15H,2-8H2,1H3. The SMILES string of the molecule is CCN1CCCCC1c1nc(CCO)co1. The fourth-order valence-electron chi connectivity index (χ4n) is 2.35. The van der Waals surface area contributed by atoms with Crippen molar-refractivity contribution in [1.82, 2.24) is 9.88 Å². The quantitative estimate of drug-likeness (QED) is 0.846. The second-order valence-corrected chi connectivity index (χ2v) is 4.29. The van der Waals surface area contributed by atoms with Gasteiger partial charge in [-0.05, 0) is 25.9 Å². The summed E-state index contributed by atoms with van der Waals surface area (Å²) in [6, 6.07) is 0.339. The highest BCUT2D eigenvalue weighted by atomic mass is 16.3. The number of likely N-dealkylation sites (tertiary alicyclic amines) is 1. The molecule has 0 bridgehead atoms. The van der Waals surface area contributed by atoms with Crippen LogP contribution in [0.1, 0.15) is 43.8 Å². The van der Waals surface area contributed by atoms with Gasteiger partial charge in [0.1, 0.15) is 6.26 Å². The van der Waals surface area contributed by atoms with E-state index in [9.17, 15) is 0 Å². The van der Waals surface area contributed by atoms with E-state index in [4.69, 9.17) is 9.52 Å². The van der Waals surface area contributed by atoms with E-state index in [-0.39, 0.29) is 6.61 Å². The van der Waals surface area contributed by atoms with Crippen LogP contribution in [0.25, 0.3) is 0 Å². The third-order valence-electron chi connectivity index (χ3n) is 3.24. The first-order valence-corrected chi connectivity index (χ1v) is 6.14. The minimum atomic E-state index is 0.133. The molecule has 16 heavy (non-hydrogen) atoms. The topological polar surface area (TPSA) is 49.5 Å². The third-order valence-corrected chi connectivity index (χ3v) is 3.24. The summed E-state index contributed by atoms with van der Waals surface area (Å²) >= 11 is 0. The molecule has 0 spiro atoms. The van der Waals surface area contributed by atoms with E-state index in [1.165, 1.54) is 12.8 Å². The van der Waals surface area contributed by atoms with Gasteiger partial charge in [0.05, 0.1) is 11.7 Å². The molecule has 1 aliphatic rings. The highest BCUT2D eigenvalue weighted by Gasteiger charge is 2.26. The summed E-state index contributed by atoms with van der Waals surface area (Å²) in [6.45, 7) is 4.49. The molecule has 4 heteroatoms. The maximum atomic E-state index is 8.85. The van der Waals surface area contributed by atoms with E-state index < -0.39 is 0 Å². The summed E-state index contributed by atoms with van der Waals surface area (Å²) in [4.78, 5) is 6.87. The lowest BCUT2D eigenvalue weighted by Crippen LogP contribution is -2.33. The Kier molecular flexibility index (Phi) is 3.96. The number of hydrogen-bond acceptors (Lipinski definition) is 4. The molecule has 0 amide bonds. The van der Waals surface area contributed by atoms with Gasteiger partial charge >= 0.3 is 0 Å². The van der Waals surface area contributed by atoms with Crippen molar-refractivity contribution in [2.45, 2.75) is 38.6 Å². The molecule has 1 saturated heterocycles. The second kappa shape index (κ2) is 5.46. The van der Waals surface area contributed by atoms with Gasteiger partial charge in [-0.1, -0.05) is 13.3 Å². The molecule has 0 aliphatic carbocycles. The monoisotopic (exact) mass is 224 g/mol. The summed E-state index contributed by atoms with van der Waals surface area (Å²) in [5.74, 6) is 0.824. The van der Waals surface area contributed by atoms with Crippen molar-refractivity contribution in [3.05, 3.63) is 17.8 Å². The normalized spacial score (nSPS) is 22.5. The zero-order valence-corrected chi connectivity index (χ0v) is 9.85. The Labute approximate surface area is 96.3 Å². The van der Waals surface area contributed by atoms with Crippen LogP contribution in [0.4, 0.5) is 0 Å². The van der Waals surface area contributed by atoms with Crippen molar-refractivity contribution in [1.29, 1.82) is 0 Å². The van der Waals surface area contributed by atoms with E-state index >= 15 is 0 Å². The summed E-state index contributed by atoms with van der Waals surface area (Å²) in [6.07, 6.45) is 5.91. The van der Waals surface area contributed by atoms with Crippen molar-refractivity contribution in [3.8, 4) is 0 Å². The molecule has 1 aliphatic heterocycles. The Morgan fingerprint density at radius 3 is 3.19 bits per heavy atom. The van der Waals surface area contributed by atoms with Crippen LogP contribution in [0.3, 0.4) is 0 Å². The number of piperidine rings is 1. The maximum Gasteiger partial charge on any atom is 0.211 e. The van der Waals surface area contributed by atoms with Crippen molar-refractivity contribution in [2.75, 3.05) is 19.7 Å². The number of hydrogen-bond donors (Lipinski definition) is 1. The fraction of sp³-hybridized carbons (Fsp3) is 0.750. The number of aliphatic hydroxyl groups excluding tert-OH is 1. The largest absolute Gasteiger partial charge is 0.447 e. The number of oxazole rings is 1. The molecule has 0 saturated carbocycles. The Morgan fingerprint density at radius 2 is 2.44 bits per heavy atom. The molecule has 2 heterocycles. The van der Waals surface area contributed by atoms with Crippen LogP contribution >= 0.6 is 0 Å². The molecular weight excluding hydrogens is 204 g/mol. The van der Waals surface area contributed by atoms with Crippen LogP contribution < -0.4 is 0 Å². The molecule has 0 aromatic carbocycles. The average molecular weight is 224 g/mol. The van der Waals surface area contributed by atoms with E-state index in [1.54, 1.807) is 6.26 Å². The first-order chi connectivity index (χ1) is 7.85. The number of rotatable bonds is 4. The number of aromatic nitrogens is 1. The van der Waals surface area contributed by atoms with Gasteiger partial charge in [-0.3, -0.25) is 4.90 Å². The minimum absolute atomic E-state index is 0.133. The molecule has 1 fully saturated rings. The minimum Gasteiger partial charge on any atom is -0.447 e. The molecule has 0 radical (unpaired) electrons. The van der Waals surface area contributed by atoms with Gasteiger partial charge in [0, 0.05) is 13.0 Å². The summed E-state index contributed by atoms with van der Waals surface area (Å²) in [5, 5.41) is 8.85. The molecule has 1 N–H and O–H groups in total. The van der Waals surface area contributed by atoms with Gasteiger partial charge < -0.3 is 9.52 Å². The Balaban J connectivity index is 2.08. The van der Waals surface area contributed by atoms with E-state index in [2.05, 4.69) is 16.8 Å². The van der Waals surface area contributed by atoms with Crippen molar-refractivity contribution < 1.29 is 9.52 Å². The van der Waals surface area contributed by atoms with Crippen LogP contribution in [0.15, 0.2) is 10.7 Å². The van der Waals surface area contributed by atoms with Crippen LogP contribution in [-0.2, 0) is 6.42 Å². The lowest BCUT2D eigenvalue weighted by Gasteiger charge is -2.32. The highest BCUT2D eigenvalue weighted by Crippen LogP contribution is 2.29. The lowest BCUT2D eigenvalue weighted by atomic mass is 10.0. The Hall–Kier alpha value is -0.870. The van der Waals surface area contributed by atoms with Crippen LogP contribution in [-0.4, -0.2) is 34.7 Å². The third kappa shape index (κ3) is 2.44. The summed E-state index contributed by atoms with van der Waals surface area (Å²) in [7, 11) is 0. The van der Waals surface area contributed by atoms with Crippen molar-refractivity contribution in [2.24, 2.45) is 0 Å². The molecule has 4 nitrogen and oxygen atoms in total. The van der Waals surface area contributed by atoms with Crippen LogP contribution in [0.2, 0.25) is 0 Å². The van der Waals surface area contributed by atoms with Gasteiger partial charge in [-0.25, -0.2) is 4.98 Å². The second-order valence-electron chi connectivity index (χ2n) is 4.29. The zero-order valence-electron chi connectivity index (χ0n) is 9.85. The van der Waals surface area contributed by atoms with Crippen LogP contribution in [0, 0.1) is 0 Å². The van der Waals surface area contributed by atoms with Crippen molar-refractivity contribution >= 4 is 0 Å². The number of nitrogens with zero attached hydrogens (tertiary/aromatic N) is 2. The Bertz CT molecular complexity index is 325. The predicted octanol–water partition coefficient (Wildman–Crippen LogP) is 1.76. The van der Waals surface area contributed by atoms with Crippen LogP contribution in [0.5, 0.6) is 0 Å². The predicted molar refractivity (Wildman–Crippen MR) is 61.1 cm³/mol.